The Kier molecular flexibility index (Phi) is 2.90. The zero-order chi connectivity index (χ0) is 10.9. The van der Waals surface area contributed by atoms with E-state index < -0.39 is 33.7 Å². The normalized spacial score (nSPS) is 10.6. The van der Waals surface area contributed by atoms with Gasteiger partial charge in [0.05, 0.1) is 5.56 Å². The van der Waals surface area contributed by atoms with Gasteiger partial charge in [-0.3, -0.25) is 0 Å². The lowest BCUT2D eigenvalue weighted by Crippen LogP contribution is -2.00. The fourth-order valence-corrected chi connectivity index (χ4v) is 0.970. The third-order valence-electron chi connectivity index (χ3n) is 1.35. The Morgan fingerprint density at radius 2 is 2.14 bits per heavy atom. The van der Waals surface area contributed by atoms with Crippen LogP contribution in [0.3, 0.4) is 0 Å². The predicted octanol–water partition coefficient (Wildman–Crippen LogP) is 2.72. The van der Waals surface area contributed by atoms with E-state index in [4.69, 9.17) is 11.6 Å². The molecule has 0 aliphatic carbocycles. The van der Waals surface area contributed by atoms with Crippen molar-refractivity contribution in [2.75, 3.05) is 0 Å². The van der Waals surface area contributed by atoms with Crippen LogP contribution >= 0.6 is 11.6 Å². The first kappa shape index (κ1) is 10.7. The predicted molar refractivity (Wildman–Crippen MR) is 40.8 cm³/mol. The second kappa shape index (κ2) is 3.79. The van der Waals surface area contributed by atoms with E-state index in [-0.39, 0.29) is 0 Å². The van der Waals surface area contributed by atoms with Gasteiger partial charge in [0.15, 0.2) is 0 Å². The van der Waals surface area contributed by atoms with Crippen molar-refractivity contribution in [3.8, 4) is 0 Å². The minimum Gasteiger partial charge on any atom is -0.358 e. The summed E-state index contributed by atoms with van der Waals surface area (Å²) in [6.45, 7) is 0. The van der Waals surface area contributed by atoms with Gasteiger partial charge in [0.2, 0.25) is 5.82 Å². The Morgan fingerprint density at radius 3 is 2.57 bits per heavy atom. The molecule has 1 aromatic heterocycles. The van der Waals surface area contributed by atoms with Crippen molar-refractivity contribution < 1.29 is 18.1 Å². The summed E-state index contributed by atoms with van der Waals surface area (Å²) in [6, 6.07) is 0.304. The van der Waals surface area contributed by atoms with Crippen LogP contribution in [0.25, 0.3) is 0 Å². The Morgan fingerprint density at radius 1 is 1.57 bits per heavy atom. The molecule has 0 bridgehead atoms. The lowest BCUT2D eigenvalue weighted by atomic mass is 10.3. The Balaban J connectivity index is 3.31. The van der Waals surface area contributed by atoms with Gasteiger partial charge in [-0.1, -0.05) is 0 Å². The molecule has 0 aromatic carbocycles. The first-order chi connectivity index (χ1) is 6.43. The van der Waals surface area contributed by atoms with Crippen LogP contribution in [0.2, 0.25) is 5.15 Å². The van der Waals surface area contributed by atoms with Crippen LogP contribution in [0, 0.1) is 15.9 Å². The molecule has 1 heterocycles. The first-order valence-corrected chi connectivity index (χ1v) is 3.59. The second-order valence-corrected chi connectivity index (χ2v) is 2.59. The van der Waals surface area contributed by atoms with E-state index >= 15 is 0 Å². The van der Waals surface area contributed by atoms with Crippen molar-refractivity contribution in [3.63, 3.8) is 0 Å². The van der Waals surface area contributed by atoms with E-state index in [1.807, 2.05) is 0 Å². The van der Waals surface area contributed by atoms with Crippen LogP contribution in [0.4, 0.5) is 19.0 Å². The highest BCUT2D eigenvalue weighted by atomic mass is 35.5. The molecular weight excluding hydrogens is 225 g/mol. The van der Waals surface area contributed by atoms with Gasteiger partial charge in [-0.25, -0.2) is 8.78 Å². The molecule has 0 fully saturated rings. The Hall–Kier alpha value is -1.37. The Bertz CT molecular complexity index is 386. The number of pyridine rings is 1. The summed E-state index contributed by atoms with van der Waals surface area (Å²) in [5.74, 6) is -2.60. The fourth-order valence-electron chi connectivity index (χ4n) is 0.753. The summed E-state index contributed by atoms with van der Waals surface area (Å²) >= 11 is 5.18. The number of rotatable bonds is 2. The molecular formula is C6H2ClF3N2O2. The van der Waals surface area contributed by atoms with Gasteiger partial charge < -0.3 is 10.1 Å². The van der Waals surface area contributed by atoms with E-state index in [9.17, 15) is 23.3 Å². The number of nitro groups is 1. The molecule has 4 nitrogen and oxygen atoms in total. The van der Waals surface area contributed by atoms with Crippen molar-refractivity contribution in [3.05, 3.63) is 32.7 Å². The van der Waals surface area contributed by atoms with E-state index in [1.165, 1.54) is 0 Å². The monoisotopic (exact) mass is 226 g/mol. The van der Waals surface area contributed by atoms with Crippen molar-refractivity contribution in [2.45, 2.75) is 6.43 Å². The average molecular weight is 227 g/mol. The first-order valence-electron chi connectivity index (χ1n) is 3.22. The minimum atomic E-state index is -3.02. The van der Waals surface area contributed by atoms with Gasteiger partial charge in [0, 0.05) is 0 Å². The molecule has 0 saturated heterocycles. The van der Waals surface area contributed by atoms with Gasteiger partial charge in [-0.2, -0.15) is 4.39 Å². The van der Waals surface area contributed by atoms with Gasteiger partial charge in [-0.15, -0.1) is 0 Å². The van der Waals surface area contributed by atoms with Crippen molar-refractivity contribution in [2.24, 2.45) is 0 Å². The minimum absolute atomic E-state index is 0.304. The lowest BCUT2D eigenvalue weighted by Gasteiger charge is -1.99. The van der Waals surface area contributed by atoms with Crippen LogP contribution in [-0.4, -0.2) is 9.91 Å². The highest BCUT2D eigenvalue weighted by molar-refractivity contribution is 6.30. The number of aromatic nitrogens is 1. The summed E-state index contributed by atoms with van der Waals surface area (Å²) in [4.78, 5) is 11.9. The number of alkyl halides is 2. The van der Waals surface area contributed by atoms with E-state index in [1.54, 1.807) is 0 Å². The number of hydrogen-bond acceptors (Lipinski definition) is 3. The van der Waals surface area contributed by atoms with Crippen LogP contribution in [0.5, 0.6) is 0 Å². The largest absolute Gasteiger partial charge is 0.401 e. The molecule has 0 radical (unpaired) electrons. The summed E-state index contributed by atoms with van der Waals surface area (Å²) < 4.78 is 36.9. The molecule has 0 unspecified atom stereocenters. The van der Waals surface area contributed by atoms with Gasteiger partial charge >= 0.3 is 5.82 Å². The quantitative estimate of drug-likeness (QED) is 0.443. The van der Waals surface area contributed by atoms with Gasteiger partial charge in [-0.05, 0) is 27.6 Å². The average Bonchev–Trinajstić information content (AvgIpc) is 2.07. The van der Waals surface area contributed by atoms with Gasteiger partial charge in [0.25, 0.3) is 11.6 Å². The van der Waals surface area contributed by atoms with Crippen LogP contribution in [0.15, 0.2) is 6.07 Å². The molecule has 0 amide bonds. The Labute approximate surface area is 80.5 Å². The van der Waals surface area contributed by atoms with E-state index in [0.29, 0.717) is 6.07 Å². The zero-order valence-corrected chi connectivity index (χ0v) is 7.13. The molecule has 8 heteroatoms. The molecule has 0 saturated carbocycles. The maximum absolute atomic E-state index is 12.7. The van der Waals surface area contributed by atoms with E-state index in [2.05, 4.69) is 4.98 Å². The van der Waals surface area contributed by atoms with Crippen molar-refractivity contribution in [1.82, 2.24) is 4.98 Å². The van der Waals surface area contributed by atoms with Crippen molar-refractivity contribution >= 4 is 17.4 Å². The maximum atomic E-state index is 12.7. The van der Waals surface area contributed by atoms with Crippen LogP contribution in [-0.2, 0) is 0 Å². The summed E-state index contributed by atoms with van der Waals surface area (Å²) in [5.41, 5.74) is -0.866. The zero-order valence-electron chi connectivity index (χ0n) is 6.38. The third kappa shape index (κ3) is 1.92. The summed E-state index contributed by atoms with van der Waals surface area (Å²) in [7, 11) is 0. The fraction of sp³-hybridized carbons (Fsp3) is 0.167. The molecule has 1 rings (SSSR count). The molecule has 14 heavy (non-hydrogen) atoms. The summed E-state index contributed by atoms with van der Waals surface area (Å²) in [5, 5.41) is 9.34. The molecule has 76 valence electrons. The number of hydrogen-bond donors (Lipinski definition) is 0. The maximum Gasteiger partial charge on any atom is 0.401 e. The van der Waals surface area contributed by atoms with Crippen LogP contribution < -0.4 is 0 Å². The standard InChI is InChI=1S/C6H2ClF3N2O2/c7-4-2(5(9)10)1-3(8)6(11-4)12(13)14/h1,5H. The highest BCUT2D eigenvalue weighted by Crippen LogP contribution is 2.29. The molecule has 1 aromatic rings. The topological polar surface area (TPSA) is 56.0 Å². The van der Waals surface area contributed by atoms with Crippen LogP contribution in [0.1, 0.15) is 12.0 Å². The molecule has 0 aliphatic rings. The second-order valence-electron chi connectivity index (χ2n) is 2.23. The van der Waals surface area contributed by atoms with Crippen molar-refractivity contribution in [1.29, 1.82) is 0 Å². The highest BCUT2D eigenvalue weighted by Gasteiger charge is 2.25. The van der Waals surface area contributed by atoms with E-state index in [0.717, 1.165) is 0 Å². The van der Waals surface area contributed by atoms with Gasteiger partial charge in [0.1, 0.15) is 0 Å². The number of halogens is 4. The molecule has 0 aliphatic heterocycles. The molecule has 0 spiro atoms. The SMILES string of the molecule is O=[N+]([O-])c1nc(Cl)c(C(F)F)cc1F. The smallest absolute Gasteiger partial charge is 0.358 e. The number of nitrogens with zero attached hydrogens (tertiary/aromatic N) is 2. The summed E-state index contributed by atoms with van der Waals surface area (Å²) in [6.07, 6.45) is -3.02. The molecule has 0 N–H and O–H groups in total. The third-order valence-corrected chi connectivity index (χ3v) is 1.65. The molecule has 0 atom stereocenters. The lowest BCUT2D eigenvalue weighted by molar-refractivity contribution is -0.392.